The summed E-state index contributed by atoms with van der Waals surface area (Å²) in [6.07, 6.45) is -5.22. The molecule has 0 aliphatic heterocycles. The van der Waals surface area contributed by atoms with E-state index in [4.69, 9.17) is 34.7 Å². The van der Waals surface area contributed by atoms with Crippen LogP contribution in [-0.4, -0.2) is 45.1 Å². The number of carbonyl (C=O) groups excluding carboxylic acids is 1. The Labute approximate surface area is 305 Å². The summed E-state index contributed by atoms with van der Waals surface area (Å²) in [6.45, 7) is 0. The van der Waals surface area contributed by atoms with Gasteiger partial charge in [-0.25, -0.2) is 26.9 Å². The first-order valence-corrected chi connectivity index (χ1v) is 18.1. The molecular formula is C32H25Cl2F7N8O3S. The number of nitrogens with one attached hydrogen (secondary N) is 1. The first-order chi connectivity index (χ1) is 24.6. The number of amides is 1. The van der Waals surface area contributed by atoms with Crippen LogP contribution in [-0.2, 0) is 40.4 Å². The topological polar surface area (TPSA) is 164 Å². The second-order valence-corrected chi connectivity index (χ2v) is 15.5. The Bertz CT molecular complexity index is 2470. The third kappa shape index (κ3) is 6.21. The van der Waals surface area contributed by atoms with Crippen LogP contribution in [0.2, 0.25) is 10.2 Å². The van der Waals surface area contributed by atoms with Gasteiger partial charge in [0, 0.05) is 41.6 Å². The van der Waals surface area contributed by atoms with Gasteiger partial charge < -0.3 is 11.5 Å². The quantitative estimate of drug-likeness (QED) is 0.111. The smallest absolute Gasteiger partial charge is 0.396 e. The Hall–Kier alpha value is -4.62. The SMILES string of the molecule is Cn1nc(NS(C)(=O)=O)c2c(Cl)ccc(-c3cc(N)c(Cl)nc3[C@@H](Cc3cc(F)cc(F)c3)C(C(N)=O)n3nc(C(F)(F)F)c4c3C(F)(F)[C@@H]3C[C@H]43)c21. The van der Waals surface area contributed by atoms with Crippen molar-refractivity contribution in [1.82, 2.24) is 24.5 Å². The Morgan fingerprint density at radius 2 is 1.75 bits per heavy atom. The van der Waals surface area contributed by atoms with Crippen LogP contribution in [0, 0.1) is 17.6 Å². The van der Waals surface area contributed by atoms with E-state index in [1.54, 1.807) is 0 Å². The van der Waals surface area contributed by atoms with Crippen LogP contribution in [0.1, 0.15) is 52.5 Å². The van der Waals surface area contributed by atoms with Gasteiger partial charge in [-0.2, -0.15) is 32.1 Å². The van der Waals surface area contributed by atoms with Gasteiger partial charge in [-0.3, -0.25) is 14.2 Å². The first kappa shape index (κ1) is 36.7. The fourth-order valence-electron chi connectivity index (χ4n) is 7.32. The zero-order valence-electron chi connectivity index (χ0n) is 27.1. The average Bonchev–Trinajstić information content (AvgIpc) is 3.54. The normalized spacial score (nSPS) is 18.8. The van der Waals surface area contributed by atoms with Crippen molar-refractivity contribution in [3.8, 4) is 11.1 Å². The highest BCUT2D eigenvalue weighted by Crippen LogP contribution is 2.69. The van der Waals surface area contributed by atoms with Gasteiger partial charge in [0.1, 0.15) is 23.4 Å². The molecule has 3 aromatic heterocycles. The van der Waals surface area contributed by atoms with Gasteiger partial charge in [-0.05, 0) is 48.6 Å². The van der Waals surface area contributed by atoms with Gasteiger partial charge in [0.25, 0.3) is 5.92 Å². The number of primary amides is 1. The van der Waals surface area contributed by atoms with E-state index in [0.29, 0.717) is 6.07 Å². The summed E-state index contributed by atoms with van der Waals surface area (Å²) in [4.78, 5) is 17.9. The molecule has 11 nitrogen and oxygen atoms in total. The highest BCUT2D eigenvalue weighted by atomic mass is 35.5. The van der Waals surface area contributed by atoms with E-state index in [2.05, 4.69) is 19.9 Å². The Balaban J connectivity index is 1.54. The highest BCUT2D eigenvalue weighted by Gasteiger charge is 2.69. The summed E-state index contributed by atoms with van der Waals surface area (Å²) in [5.41, 5.74) is 8.13. The predicted molar refractivity (Wildman–Crippen MR) is 180 cm³/mol. The molecule has 1 saturated carbocycles. The van der Waals surface area contributed by atoms with E-state index < -0.39 is 92.0 Å². The van der Waals surface area contributed by atoms with Gasteiger partial charge in [-0.15, -0.1) is 0 Å². The van der Waals surface area contributed by atoms with Crippen LogP contribution in [0.15, 0.2) is 36.4 Å². The largest absolute Gasteiger partial charge is 0.435 e. The average molecular weight is 806 g/mol. The van der Waals surface area contributed by atoms with Crippen molar-refractivity contribution >= 4 is 61.5 Å². The van der Waals surface area contributed by atoms with Gasteiger partial charge in [0.15, 0.2) is 16.7 Å². The summed E-state index contributed by atoms with van der Waals surface area (Å²) in [5.74, 6) is -12.0. The lowest BCUT2D eigenvalue weighted by molar-refractivity contribution is -0.142. The maximum absolute atomic E-state index is 15.9. The Morgan fingerprint density at radius 1 is 1.09 bits per heavy atom. The van der Waals surface area contributed by atoms with Crippen molar-refractivity contribution in [3.05, 3.63) is 86.4 Å². The Morgan fingerprint density at radius 3 is 2.36 bits per heavy atom. The molecule has 0 saturated heterocycles. The number of hydrogen-bond acceptors (Lipinski definition) is 7. The van der Waals surface area contributed by atoms with Crippen LogP contribution in [0.5, 0.6) is 0 Å². The summed E-state index contributed by atoms with van der Waals surface area (Å²) < 4.78 is 132. The number of pyridine rings is 1. The Kier molecular flexibility index (Phi) is 8.46. The zero-order chi connectivity index (χ0) is 38.7. The van der Waals surface area contributed by atoms with Gasteiger partial charge in [0.05, 0.1) is 33.6 Å². The number of fused-ring (bicyclic) bond motifs is 4. The monoisotopic (exact) mass is 804 g/mol. The van der Waals surface area contributed by atoms with Crippen molar-refractivity contribution < 1.29 is 43.9 Å². The van der Waals surface area contributed by atoms with Crippen LogP contribution in [0.4, 0.5) is 42.2 Å². The van der Waals surface area contributed by atoms with Gasteiger partial charge >= 0.3 is 6.18 Å². The number of rotatable bonds is 9. The number of hydrogen-bond donors (Lipinski definition) is 3. The molecule has 2 aromatic carbocycles. The number of nitrogens with zero attached hydrogens (tertiary/aromatic N) is 5. The van der Waals surface area contributed by atoms with Gasteiger partial charge in [-0.1, -0.05) is 29.3 Å². The molecule has 1 amide bonds. The number of sulfonamides is 1. The van der Waals surface area contributed by atoms with Gasteiger partial charge in [0.2, 0.25) is 15.9 Å². The number of nitrogens with two attached hydrogens (primary N) is 2. The molecule has 1 unspecified atom stereocenters. The molecule has 5 N–H and O–H groups in total. The van der Waals surface area contributed by atoms with Crippen molar-refractivity contribution in [1.29, 1.82) is 0 Å². The van der Waals surface area contributed by atoms with E-state index in [0.717, 1.165) is 18.4 Å². The molecule has 21 heteroatoms. The molecule has 3 heterocycles. The third-order valence-corrected chi connectivity index (χ3v) is 10.5. The molecule has 7 rings (SSSR count). The zero-order valence-corrected chi connectivity index (χ0v) is 29.4. The maximum atomic E-state index is 15.9. The summed E-state index contributed by atoms with van der Waals surface area (Å²) in [5, 5.41) is 7.48. The van der Waals surface area contributed by atoms with E-state index in [1.165, 1.54) is 29.9 Å². The number of alkyl halides is 5. The van der Waals surface area contributed by atoms with E-state index >= 15 is 8.78 Å². The summed E-state index contributed by atoms with van der Waals surface area (Å²) in [6, 6.07) is 4.14. The van der Waals surface area contributed by atoms with E-state index in [9.17, 15) is 35.2 Å². The molecular weight excluding hydrogens is 780 g/mol. The lowest BCUT2D eigenvalue weighted by atomic mass is 9.84. The minimum atomic E-state index is -5.22. The number of carbonyl (C=O) groups is 1. The minimum absolute atomic E-state index is 0.0221. The standard InChI is InChI=1S/C32H25Cl2F7N8O3S/c1-48-24-14(3-4-19(33)22(24)30(46-48)47-53(2,51)52)15-10-20(42)28(34)44-23(15)17(7-11-5-12(35)8-13(36)6-11)25(29(43)50)49-27-21(26(45-49)32(39,40)41)16-9-18(16)31(27,37)38/h3-6,8,10,16-18,25H,7,9,42H2,1-2H3,(H2,43,50)(H,46,47)/t16-,17+,18+,25?/m0/s1. The number of benzene rings is 2. The van der Waals surface area contributed by atoms with E-state index in [1.807, 2.05) is 0 Å². The fourth-order valence-corrected chi connectivity index (χ4v) is 8.20. The van der Waals surface area contributed by atoms with Crippen LogP contribution in [0.3, 0.4) is 0 Å². The number of aryl methyl sites for hydroxylation is 1. The second kappa shape index (κ2) is 12.2. The molecule has 0 radical (unpaired) electrons. The molecule has 1 fully saturated rings. The maximum Gasteiger partial charge on any atom is 0.435 e. The molecule has 5 aromatic rings. The molecule has 2 aliphatic rings. The lowest BCUT2D eigenvalue weighted by Gasteiger charge is -2.30. The van der Waals surface area contributed by atoms with Crippen LogP contribution >= 0.6 is 23.2 Å². The van der Waals surface area contributed by atoms with Crippen molar-refractivity contribution in [2.45, 2.75) is 42.8 Å². The number of nitrogen functional groups attached to an aromatic ring is 1. The highest BCUT2D eigenvalue weighted by molar-refractivity contribution is 7.92. The number of aromatic nitrogens is 5. The van der Waals surface area contributed by atoms with Crippen LogP contribution < -0.4 is 16.2 Å². The van der Waals surface area contributed by atoms with E-state index in [-0.39, 0.29) is 60.9 Å². The number of anilines is 2. The van der Waals surface area contributed by atoms with Crippen LogP contribution in [0.25, 0.3) is 22.0 Å². The predicted octanol–water partition coefficient (Wildman–Crippen LogP) is 6.65. The molecule has 2 aliphatic carbocycles. The molecule has 53 heavy (non-hydrogen) atoms. The molecule has 280 valence electrons. The van der Waals surface area contributed by atoms with Crippen molar-refractivity contribution in [2.24, 2.45) is 18.7 Å². The summed E-state index contributed by atoms with van der Waals surface area (Å²) in [7, 11) is -2.47. The second-order valence-electron chi connectivity index (χ2n) is 13.0. The minimum Gasteiger partial charge on any atom is -0.396 e. The van der Waals surface area contributed by atoms with Crippen molar-refractivity contribution in [3.63, 3.8) is 0 Å². The van der Waals surface area contributed by atoms with Crippen molar-refractivity contribution in [2.75, 3.05) is 16.7 Å². The molecule has 0 bridgehead atoms. The molecule has 4 atom stereocenters. The fraction of sp³-hybridized carbons (Fsp3) is 0.312. The third-order valence-electron chi connectivity index (χ3n) is 9.37. The lowest BCUT2D eigenvalue weighted by Crippen LogP contribution is -2.37. The number of halogens is 9. The summed E-state index contributed by atoms with van der Waals surface area (Å²) >= 11 is 12.9. The molecule has 0 spiro atoms. The first-order valence-electron chi connectivity index (χ1n) is 15.5.